The average molecular weight is 351 g/mol. The lowest BCUT2D eigenvalue weighted by Gasteiger charge is -2.43. The maximum Gasteiger partial charge on any atom is 0.191 e. The Balaban J connectivity index is 1.59. The van der Waals surface area contributed by atoms with Crippen LogP contribution in [0.4, 0.5) is 0 Å². The number of aliphatic imine (C=N–C) groups is 1. The van der Waals surface area contributed by atoms with Crippen LogP contribution in [0.15, 0.2) is 59.6 Å². The molecule has 0 aliphatic heterocycles. The van der Waals surface area contributed by atoms with E-state index in [9.17, 15) is 0 Å². The number of nitrogens with zero attached hydrogens (tertiary/aromatic N) is 1. The van der Waals surface area contributed by atoms with E-state index in [4.69, 9.17) is 4.74 Å². The van der Waals surface area contributed by atoms with Gasteiger partial charge in [0.15, 0.2) is 5.96 Å². The Labute approximate surface area is 156 Å². The number of hydrogen-bond acceptors (Lipinski definition) is 2. The molecular weight excluding hydrogens is 322 g/mol. The van der Waals surface area contributed by atoms with Gasteiger partial charge >= 0.3 is 0 Å². The zero-order valence-corrected chi connectivity index (χ0v) is 15.8. The lowest BCUT2D eigenvalue weighted by molar-refractivity contribution is 0.184. The fourth-order valence-corrected chi connectivity index (χ4v) is 3.64. The van der Waals surface area contributed by atoms with Gasteiger partial charge in [0.1, 0.15) is 0 Å². The molecule has 4 nitrogen and oxygen atoms in total. The fourth-order valence-electron chi connectivity index (χ4n) is 3.64. The summed E-state index contributed by atoms with van der Waals surface area (Å²) in [6.07, 6.45) is 3.77. The van der Waals surface area contributed by atoms with Gasteiger partial charge in [-0.3, -0.25) is 4.99 Å². The molecule has 0 unspecified atom stereocenters. The van der Waals surface area contributed by atoms with Gasteiger partial charge in [-0.15, -0.1) is 0 Å². The predicted molar refractivity (Wildman–Crippen MR) is 107 cm³/mol. The number of benzene rings is 2. The third-order valence-electron chi connectivity index (χ3n) is 5.38. The number of ether oxygens (including phenoxy) is 1. The van der Waals surface area contributed by atoms with Gasteiger partial charge < -0.3 is 15.4 Å². The Hall–Kier alpha value is -2.33. The summed E-state index contributed by atoms with van der Waals surface area (Å²) < 4.78 is 5.29. The van der Waals surface area contributed by atoms with Crippen molar-refractivity contribution in [3.63, 3.8) is 0 Å². The fraction of sp³-hybridized carbons (Fsp3) is 0.409. The van der Waals surface area contributed by atoms with Crippen molar-refractivity contribution in [3.05, 3.63) is 71.3 Å². The van der Waals surface area contributed by atoms with Crippen molar-refractivity contribution in [3.8, 4) is 0 Å². The van der Waals surface area contributed by atoms with E-state index in [0.717, 1.165) is 19.0 Å². The Kier molecular flexibility index (Phi) is 6.29. The minimum atomic E-state index is 0.243. The highest BCUT2D eigenvalue weighted by atomic mass is 16.5. The van der Waals surface area contributed by atoms with Gasteiger partial charge in [-0.05, 0) is 29.5 Å². The van der Waals surface area contributed by atoms with Crippen LogP contribution < -0.4 is 10.6 Å². The largest absolute Gasteiger partial charge is 0.380 e. The molecule has 138 valence electrons. The molecule has 1 saturated carbocycles. The molecule has 1 aliphatic carbocycles. The van der Waals surface area contributed by atoms with E-state index < -0.39 is 0 Å². The second kappa shape index (κ2) is 8.86. The van der Waals surface area contributed by atoms with Crippen LogP contribution in [-0.4, -0.2) is 26.7 Å². The molecule has 4 heteroatoms. The number of nitrogens with one attached hydrogen (secondary N) is 2. The van der Waals surface area contributed by atoms with Crippen molar-refractivity contribution in [2.24, 2.45) is 4.99 Å². The smallest absolute Gasteiger partial charge is 0.191 e. The highest BCUT2D eigenvalue weighted by Crippen LogP contribution is 2.43. The molecule has 0 bridgehead atoms. The van der Waals surface area contributed by atoms with Gasteiger partial charge in [-0.1, -0.05) is 61.0 Å². The zero-order chi connectivity index (χ0) is 18.2. The molecule has 0 saturated heterocycles. The van der Waals surface area contributed by atoms with Crippen LogP contribution in [0.5, 0.6) is 0 Å². The molecule has 0 atom stereocenters. The molecule has 0 radical (unpaired) electrons. The zero-order valence-electron chi connectivity index (χ0n) is 15.8. The van der Waals surface area contributed by atoms with Crippen LogP contribution in [0.3, 0.4) is 0 Å². The quantitative estimate of drug-likeness (QED) is 0.592. The van der Waals surface area contributed by atoms with Crippen LogP contribution in [0, 0.1) is 0 Å². The second-order valence-electron chi connectivity index (χ2n) is 6.98. The second-order valence-corrected chi connectivity index (χ2v) is 6.98. The molecule has 2 N–H and O–H groups in total. The molecular formula is C22H29N3O. The van der Waals surface area contributed by atoms with Gasteiger partial charge in [0.2, 0.25) is 0 Å². The summed E-state index contributed by atoms with van der Waals surface area (Å²) in [7, 11) is 3.55. The molecule has 2 aromatic carbocycles. The monoisotopic (exact) mass is 351 g/mol. The van der Waals surface area contributed by atoms with Crippen molar-refractivity contribution in [2.45, 2.75) is 37.8 Å². The van der Waals surface area contributed by atoms with Crippen LogP contribution in [0.1, 0.15) is 36.0 Å². The molecule has 1 aliphatic rings. The van der Waals surface area contributed by atoms with Crippen LogP contribution in [0.25, 0.3) is 0 Å². The number of rotatable bonds is 7. The summed E-state index contributed by atoms with van der Waals surface area (Å²) in [6, 6.07) is 19.2. The molecule has 0 aromatic heterocycles. The van der Waals surface area contributed by atoms with E-state index in [-0.39, 0.29) is 5.41 Å². The molecule has 26 heavy (non-hydrogen) atoms. The maximum atomic E-state index is 5.29. The molecule has 0 spiro atoms. The number of guanidine groups is 1. The summed E-state index contributed by atoms with van der Waals surface area (Å²) in [5, 5.41) is 6.98. The van der Waals surface area contributed by atoms with Gasteiger partial charge in [0.05, 0.1) is 6.61 Å². The molecule has 0 amide bonds. The summed E-state index contributed by atoms with van der Waals surface area (Å²) in [5.74, 6) is 0.847. The minimum absolute atomic E-state index is 0.243. The first-order chi connectivity index (χ1) is 12.8. The van der Waals surface area contributed by atoms with Crippen LogP contribution >= 0.6 is 0 Å². The normalized spacial score (nSPS) is 16.0. The van der Waals surface area contributed by atoms with Gasteiger partial charge in [0.25, 0.3) is 0 Å². The SMILES string of the molecule is CN=C(NCc1ccccc1COC)NCC1(c2ccccc2)CCC1. The number of methoxy groups -OCH3 is 1. The van der Waals surface area contributed by atoms with Crippen LogP contribution in [-0.2, 0) is 23.3 Å². The highest BCUT2D eigenvalue weighted by Gasteiger charge is 2.38. The summed E-state index contributed by atoms with van der Waals surface area (Å²) in [5.41, 5.74) is 4.11. The molecule has 2 aromatic rings. The Morgan fingerprint density at radius 3 is 2.31 bits per heavy atom. The van der Waals surface area contributed by atoms with E-state index in [0.29, 0.717) is 6.61 Å². The lowest BCUT2D eigenvalue weighted by atomic mass is 9.64. The topological polar surface area (TPSA) is 45.7 Å². The first-order valence-corrected chi connectivity index (χ1v) is 9.33. The standard InChI is InChI=1S/C22H29N3O/c1-23-21(24-15-18-9-6-7-10-19(18)16-26-2)25-17-22(13-8-14-22)20-11-4-3-5-12-20/h3-7,9-12H,8,13-17H2,1-2H3,(H2,23,24,25). The van der Waals surface area contributed by atoms with E-state index in [2.05, 4.69) is 64.2 Å². The first kappa shape index (κ1) is 18.5. The van der Waals surface area contributed by atoms with Gasteiger partial charge in [0, 0.05) is 32.7 Å². The van der Waals surface area contributed by atoms with Crippen molar-refractivity contribution in [1.29, 1.82) is 0 Å². The van der Waals surface area contributed by atoms with E-state index >= 15 is 0 Å². The van der Waals surface area contributed by atoms with Crippen molar-refractivity contribution < 1.29 is 4.74 Å². The molecule has 3 rings (SSSR count). The molecule has 1 fully saturated rings. The van der Waals surface area contributed by atoms with E-state index in [1.165, 1.54) is 36.0 Å². The van der Waals surface area contributed by atoms with E-state index in [1.54, 1.807) is 7.11 Å². The predicted octanol–water partition coefficient (Wildman–Crippen LogP) is 3.62. The Morgan fingerprint density at radius 2 is 1.69 bits per heavy atom. The number of hydrogen-bond donors (Lipinski definition) is 2. The molecule has 0 heterocycles. The van der Waals surface area contributed by atoms with Gasteiger partial charge in [-0.2, -0.15) is 0 Å². The summed E-state index contributed by atoms with van der Waals surface area (Å²) >= 11 is 0. The minimum Gasteiger partial charge on any atom is -0.380 e. The van der Waals surface area contributed by atoms with E-state index in [1.807, 2.05) is 13.1 Å². The van der Waals surface area contributed by atoms with Gasteiger partial charge in [-0.25, -0.2) is 0 Å². The van der Waals surface area contributed by atoms with Crippen molar-refractivity contribution in [2.75, 3.05) is 20.7 Å². The van der Waals surface area contributed by atoms with Crippen molar-refractivity contribution in [1.82, 2.24) is 10.6 Å². The summed E-state index contributed by atoms with van der Waals surface area (Å²) in [4.78, 5) is 4.40. The third-order valence-corrected chi connectivity index (χ3v) is 5.38. The lowest BCUT2D eigenvalue weighted by Crippen LogP contribution is -2.48. The third kappa shape index (κ3) is 4.25. The van der Waals surface area contributed by atoms with Crippen molar-refractivity contribution >= 4 is 5.96 Å². The Bertz CT molecular complexity index is 723. The summed E-state index contributed by atoms with van der Waals surface area (Å²) in [6.45, 7) is 2.27. The average Bonchev–Trinajstić information content (AvgIpc) is 2.65. The highest BCUT2D eigenvalue weighted by molar-refractivity contribution is 5.79. The first-order valence-electron chi connectivity index (χ1n) is 9.33. The maximum absolute atomic E-state index is 5.29. The van der Waals surface area contributed by atoms with Crippen LogP contribution in [0.2, 0.25) is 0 Å². The Morgan fingerprint density at radius 1 is 1.00 bits per heavy atom.